The number of rotatable bonds is 3. The highest BCUT2D eigenvalue weighted by atomic mass is 127. The van der Waals surface area contributed by atoms with E-state index in [1.165, 1.54) is 0 Å². The topological polar surface area (TPSA) is 47.9 Å². The summed E-state index contributed by atoms with van der Waals surface area (Å²) in [5, 5.41) is 10.5. The lowest BCUT2D eigenvalue weighted by atomic mass is 9.96. The van der Waals surface area contributed by atoms with Gasteiger partial charge in [-0.25, -0.2) is 0 Å². The molecule has 1 aliphatic carbocycles. The summed E-state index contributed by atoms with van der Waals surface area (Å²) in [6.45, 7) is 4.19. The first-order valence-electron chi connectivity index (χ1n) is 7.03. The molecular weight excluding hydrogens is 383 g/mol. The number of hydrogen-bond acceptors (Lipinski definition) is 4. The van der Waals surface area contributed by atoms with E-state index in [-0.39, 0.29) is 18.3 Å². The molecule has 4 atom stereocenters. The van der Waals surface area contributed by atoms with Crippen LogP contribution in [-0.2, 0) is 20.8 Å². The highest BCUT2D eigenvalue weighted by Crippen LogP contribution is 2.40. The van der Waals surface area contributed by atoms with Crippen LogP contribution in [0.3, 0.4) is 0 Å². The van der Waals surface area contributed by atoms with Crippen LogP contribution in [0.2, 0.25) is 0 Å². The molecule has 1 saturated heterocycles. The van der Waals surface area contributed by atoms with Crippen molar-refractivity contribution in [3.63, 3.8) is 0 Å². The molecule has 4 nitrogen and oxygen atoms in total. The Morgan fingerprint density at radius 3 is 2.67 bits per heavy atom. The Bertz CT molecular complexity index is 528. The van der Waals surface area contributed by atoms with E-state index in [0.717, 1.165) is 9.14 Å². The third-order valence-electron chi connectivity index (χ3n) is 3.68. The van der Waals surface area contributed by atoms with Crippen LogP contribution in [0.5, 0.6) is 0 Å². The fourth-order valence-electron chi connectivity index (χ4n) is 2.70. The van der Waals surface area contributed by atoms with Crippen LogP contribution in [0.4, 0.5) is 0 Å². The Morgan fingerprint density at radius 2 is 1.95 bits per heavy atom. The first-order chi connectivity index (χ1) is 9.96. The molecular formula is C16H19IO4. The lowest BCUT2D eigenvalue weighted by Gasteiger charge is -2.32. The van der Waals surface area contributed by atoms with Gasteiger partial charge in [-0.05, 0) is 48.1 Å². The minimum absolute atomic E-state index is 0.202. The number of aliphatic hydroxyl groups excluding tert-OH is 1. The lowest BCUT2D eigenvalue weighted by Crippen LogP contribution is -2.47. The second kappa shape index (κ2) is 5.96. The monoisotopic (exact) mass is 402 g/mol. The average Bonchev–Trinajstić information content (AvgIpc) is 2.79. The van der Waals surface area contributed by atoms with Gasteiger partial charge in [-0.3, -0.25) is 0 Å². The smallest absolute Gasteiger partial charge is 0.164 e. The van der Waals surface area contributed by atoms with E-state index in [4.69, 9.17) is 14.2 Å². The summed E-state index contributed by atoms with van der Waals surface area (Å²) in [5.41, 5.74) is 1.08. The van der Waals surface area contributed by atoms with E-state index in [2.05, 4.69) is 22.6 Å². The summed E-state index contributed by atoms with van der Waals surface area (Å²) >= 11 is 2.24. The van der Waals surface area contributed by atoms with Crippen LogP contribution < -0.4 is 0 Å². The fraction of sp³-hybridized carbons (Fsp3) is 0.500. The van der Waals surface area contributed by atoms with Crippen molar-refractivity contribution in [2.45, 2.75) is 50.7 Å². The molecule has 3 rings (SSSR count). The summed E-state index contributed by atoms with van der Waals surface area (Å²) in [6, 6.07) is 9.93. The lowest BCUT2D eigenvalue weighted by molar-refractivity contribution is -0.161. The number of fused-ring (bicyclic) bond motifs is 1. The SMILES string of the molecule is CC1(C)OC2C(I)=C[C@@H](OCc3ccccc3)[C@@H](O)C2O1. The predicted octanol–water partition coefficient (Wildman–Crippen LogP) is 2.79. The van der Waals surface area contributed by atoms with E-state index in [1.54, 1.807) is 0 Å². The van der Waals surface area contributed by atoms with Crippen LogP contribution >= 0.6 is 22.6 Å². The molecule has 0 aromatic heterocycles. The molecule has 1 N–H and O–H groups in total. The molecule has 0 spiro atoms. The third-order valence-corrected chi connectivity index (χ3v) is 4.66. The number of hydrogen-bond donors (Lipinski definition) is 1. The van der Waals surface area contributed by atoms with E-state index >= 15 is 0 Å². The van der Waals surface area contributed by atoms with Crippen LogP contribution in [0.1, 0.15) is 19.4 Å². The van der Waals surface area contributed by atoms with E-state index in [9.17, 15) is 5.11 Å². The Hall–Kier alpha value is -0.470. The molecule has 0 saturated carbocycles. The summed E-state index contributed by atoms with van der Waals surface area (Å²) in [5.74, 6) is -0.672. The van der Waals surface area contributed by atoms with E-state index < -0.39 is 11.9 Å². The summed E-state index contributed by atoms with van der Waals surface area (Å²) in [7, 11) is 0. The largest absolute Gasteiger partial charge is 0.387 e. The summed E-state index contributed by atoms with van der Waals surface area (Å²) in [4.78, 5) is 0. The zero-order valence-electron chi connectivity index (χ0n) is 12.0. The van der Waals surface area contributed by atoms with Crippen molar-refractivity contribution in [1.82, 2.24) is 0 Å². The number of aliphatic hydroxyl groups is 1. The molecule has 21 heavy (non-hydrogen) atoms. The Labute approximate surface area is 138 Å². The fourth-order valence-corrected chi connectivity index (χ4v) is 3.54. The van der Waals surface area contributed by atoms with E-state index in [1.807, 2.05) is 50.3 Å². The van der Waals surface area contributed by atoms with Gasteiger partial charge >= 0.3 is 0 Å². The first-order valence-corrected chi connectivity index (χ1v) is 8.10. The van der Waals surface area contributed by atoms with Gasteiger partial charge in [-0.2, -0.15) is 0 Å². The molecule has 0 radical (unpaired) electrons. The highest BCUT2D eigenvalue weighted by Gasteiger charge is 2.50. The second-order valence-corrected chi connectivity index (χ2v) is 7.07. The van der Waals surface area contributed by atoms with Crippen molar-refractivity contribution < 1.29 is 19.3 Å². The van der Waals surface area contributed by atoms with Crippen molar-refractivity contribution in [2.75, 3.05) is 0 Å². The molecule has 1 heterocycles. The molecule has 1 aromatic carbocycles. The van der Waals surface area contributed by atoms with Gasteiger partial charge < -0.3 is 19.3 Å². The molecule has 2 unspecified atom stereocenters. The van der Waals surface area contributed by atoms with Gasteiger partial charge in [0.25, 0.3) is 0 Å². The van der Waals surface area contributed by atoms with Crippen molar-refractivity contribution in [1.29, 1.82) is 0 Å². The quantitative estimate of drug-likeness (QED) is 0.791. The van der Waals surface area contributed by atoms with Crippen LogP contribution in [0.15, 0.2) is 40.0 Å². The summed E-state index contributed by atoms with van der Waals surface area (Å²) in [6.07, 6.45) is 0.250. The number of benzene rings is 1. The van der Waals surface area contributed by atoms with Gasteiger partial charge in [0.2, 0.25) is 0 Å². The van der Waals surface area contributed by atoms with Gasteiger partial charge in [-0.1, -0.05) is 30.3 Å². The number of ether oxygens (including phenoxy) is 3. The first kappa shape index (κ1) is 15.4. The van der Waals surface area contributed by atoms with E-state index in [0.29, 0.717) is 6.61 Å². The zero-order chi connectivity index (χ0) is 15.0. The van der Waals surface area contributed by atoms with Gasteiger partial charge in [0.05, 0.1) is 6.61 Å². The second-order valence-electron chi connectivity index (χ2n) is 5.82. The average molecular weight is 402 g/mol. The molecule has 1 aliphatic heterocycles. The van der Waals surface area contributed by atoms with Crippen molar-refractivity contribution >= 4 is 22.6 Å². The maximum absolute atomic E-state index is 10.5. The van der Waals surface area contributed by atoms with Gasteiger partial charge in [-0.15, -0.1) is 0 Å². The maximum Gasteiger partial charge on any atom is 0.164 e. The third kappa shape index (κ3) is 3.32. The van der Waals surface area contributed by atoms with Crippen LogP contribution in [0, 0.1) is 0 Å². The molecule has 0 amide bonds. The minimum atomic E-state index is -0.723. The van der Waals surface area contributed by atoms with Crippen molar-refractivity contribution in [3.05, 3.63) is 45.6 Å². The highest BCUT2D eigenvalue weighted by molar-refractivity contribution is 14.1. The maximum atomic E-state index is 10.5. The molecule has 5 heteroatoms. The minimum Gasteiger partial charge on any atom is -0.387 e. The summed E-state index contributed by atoms with van der Waals surface area (Å²) < 4.78 is 18.5. The number of halogens is 1. The van der Waals surface area contributed by atoms with Crippen LogP contribution in [0.25, 0.3) is 0 Å². The molecule has 1 aromatic rings. The van der Waals surface area contributed by atoms with Crippen molar-refractivity contribution in [2.24, 2.45) is 0 Å². The van der Waals surface area contributed by atoms with Gasteiger partial charge in [0.15, 0.2) is 5.79 Å². The van der Waals surface area contributed by atoms with Crippen LogP contribution in [-0.4, -0.2) is 35.3 Å². The van der Waals surface area contributed by atoms with Gasteiger partial charge in [0, 0.05) is 3.58 Å². The van der Waals surface area contributed by atoms with Gasteiger partial charge in [0.1, 0.15) is 24.4 Å². The standard InChI is InChI=1S/C16H19IO4/c1-16(2)20-14-11(17)8-12(13(18)15(14)21-16)19-9-10-6-4-3-5-7-10/h3-8,12-15,18H,9H2,1-2H3/t12-,13-,14?,15?/m1/s1. The predicted molar refractivity (Wildman–Crippen MR) is 87.0 cm³/mol. The normalized spacial score (nSPS) is 34.4. The molecule has 114 valence electrons. The molecule has 0 bridgehead atoms. The Morgan fingerprint density at radius 1 is 1.24 bits per heavy atom. The molecule has 2 aliphatic rings. The Balaban J connectivity index is 1.70. The molecule has 1 fully saturated rings. The Kier molecular flexibility index (Phi) is 4.38. The zero-order valence-corrected chi connectivity index (χ0v) is 14.2. The van der Waals surface area contributed by atoms with Crippen molar-refractivity contribution in [3.8, 4) is 0 Å².